The first-order chi connectivity index (χ1) is 9.57. The predicted molar refractivity (Wildman–Crippen MR) is 85.8 cm³/mol. The van der Waals surface area contributed by atoms with Gasteiger partial charge in [0.25, 0.3) is 0 Å². The second-order valence-corrected chi connectivity index (χ2v) is 7.12. The summed E-state index contributed by atoms with van der Waals surface area (Å²) in [5.74, 6) is 0.709. The van der Waals surface area contributed by atoms with Gasteiger partial charge in [-0.05, 0) is 25.7 Å². The molecule has 1 aromatic heterocycles. The van der Waals surface area contributed by atoms with Gasteiger partial charge in [-0.15, -0.1) is 11.3 Å². The number of thiazole rings is 1. The van der Waals surface area contributed by atoms with Crippen LogP contribution in [0.2, 0.25) is 0 Å². The van der Waals surface area contributed by atoms with Crippen LogP contribution in [-0.4, -0.2) is 4.98 Å². The second kappa shape index (κ2) is 5.30. The van der Waals surface area contributed by atoms with Gasteiger partial charge in [0.05, 0.1) is 11.2 Å². The minimum Gasteiger partial charge on any atom is -0.319 e. The van der Waals surface area contributed by atoms with Gasteiger partial charge in [-0.1, -0.05) is 49.6 Å². The number of aryl methyl sites for hydroxylation is 1. The molecule has 0 saturated heterocycles. The quantitative estimate of drug-likeness (QED) is 0.884. The maximum atomic E-state index is 6.63. The summed E-state index contributed by atoms with van der Waals surface area (Å²) in [7, 11) is 0. The van der Waals surface area contributed by atoms with Crippen LogP contribution in [0, 0.1) is 12.8 Å². The van der Waals surface area contributed by atoms with Crippen LogP contribution in [0.1, 0.15) is 43.2 Å². The molecule has 2 unspecified atom stereocenters. The Kier molecular flexibility index (Phi) is 3.65. The summed E-state index contributed by atoms with van der Waals surface area (Å²) < 4.78 is 0. The van der Waals surface area contributed by atoms with Crippen molar-refractivity contribution in [3.63, 3.8) is 0 Å². The normalized spacial score (nSPS) is 26.6. The van der Waals surface area contributed by atoms with Crippen LogP contribution in [0.15, 0.2) is 29.6 Å². The van der Waals surface area contributed by atoms with E-state index in [9.17, 15) is 0 Å². The lowest BCUT2D eigenvalue weighted by molar-refractivity contribution is 0.238. The van der Waals surface area contributed by atoms with E-state index in [2.05, 4.69) is 43.5 Å². The SMILES string of the molecule is Cc1ccc(-c2csc(C3(N)CCCC(C)C3)n2)cc1. The van der Waals surface area contributed by atoms with Gasteiger partial charge in [0.15, 0.2) is 0 Å². The highest BCUT2D eigenvalue weighted by Gasteiger charge is 2.35. The summed E-state index contributed by atoms with van der Waals surface area (Å²) in [6.45, 7) is 4.41. The van der Waals surface area contributed by atoms with E-state index in [1.807, 2.05) is 0 Å². The monoisotopic (exact) mass is 286 g/mol. The van der Waals surface area contributed by atoms with E-state index in [1.165, 1.54) is 24.0 Å². The molecule has 0 spiro atoms. The first-order valence-electron chi connectivity index (χ1n) is 7.39. The van der Waals surface area contributed by atoms with Crippen molar-refractivity contribution in [2.75, 3.05) is 0 Å². The highest BCUT2D eigenvalue weighted by atomic mass is 32.1. The van der Waals surface area contributed by atoms with Gasteiger partial charge in [-0.2, -0.15) is 0 Å². The van der Waals surface area contributed by atoms with E-state index in [-0.39, 0.29) is 5.54 Å². The van der Waals surface area contributed by atoms with Gasteiger partial charge >= 0.3 is 0 Å². The maximum absolute atomic E-state index is 6.63. The molecule has 1 saturated carbocycles. The van der Waals surface area contributed by atoms with Crippen molar-refractivity contribution in [1.82, 2.24) is 4.98 Å². The van der Waals surface area contributed by atoms with Crippen molar-refractivity contribution >= 4 is 11.3 Å². The molecule has 0 bridgehead atoms. The lowest BCUT2D eigenvalue weighted by Gasteiger charge is -2.35. The molecule has 1 heterocycles. The predicted octanol–water partition coefficient (Wildman–Crippen LogP) is 4.48. The zero-order chi connectivity index (χ0) is 14.2. The van der Waals surface area contributed by atoms with Crippen LogP contribution in [0.25, 0.3) is 11.3 Å². The Bertz CT molecular complexity index is 587. The van der Waals surface area contributed by atoms with Crippen molar-refractivity contribution in [3.05, 3.63) is 40.2 Å². The van der Waals surface area contributed by atoms with Gasteiger partial charge in [0.2, 0.25) is 0 Å². The van der Waals surface area contributed by atoms with E-state index >= 15 is 0 Å². The average molecular weight is 286 g/mol. The van der Waals surface area contributed by atoms with Gasteiger partial charge in [0, 0.05) is 10.9 Å². The zero-order valence-electron chi connectivity index (χ0n) is 12.2. The van der Waals surface area contributed by atoms with Crippen LogP contribution in [0.3, 0.4) is 0 Å². The number of hydrogen-bond donors (Lipinski definition) is 1. The van der Waals surface area contributed by atoms with E-state index in [0.29, 0.717) is 5.92 Å². The molecule has 1 fully saturated rings. The van der Waals surface area contributed by atoms with Gasteiger partial charge < -0.3 is 5.73 Å². The molecule has 2 atom stereocenters. The molecule has 3 heteroatoms. The van der Waals surface area contributed by atoms with Gasteiger partial charge in [0.1, 0.15) is 5.01 Å². The van der Waals surface area contributed by atoms with Gasteiger partial charge in [-0.25, -0.2) is 4.98 Å². The minimum atomic E-state index is -0.203. The summed E-state index contributed by atoms with van der Waals surface area (Å²) >= 11 is 1.72. The third-order valence-electron chi connectivity index (χ3n) is 4.31. The lowest BCUT2D eigenvalue weighted by atomic mass is 9.77. The summed E-state index contributed by atoms with van der Waals surface area (Å²) in [6.07, 6.45) is 4.65. The minimum absolute atomic E-state index is 0.203. The molecule has 3 rings (SSSR count). The molecule has 1 aromatic carbocycles. The van der Waals surface area contributed by atoms with E-state index in [0.717, 1.165) is 23.5 Å². The molecule has 2 nitrogen and oxygen atoms in total. The van der Waals surface area contributed by atoms with Crippen LogP contribution >= 0.6 is 11.3 Å². The van der Waals surface area contributed by atoms with E-state index < -0.39 is 0 Å². The van der Waals surface area contributed by atoms with Crippen LogP contribution < -0.4 is 5.73 Å². The average Bonchev–Trinajstić information content (AvgIpc) is 2.90. The topological polar surface area (TPSA) is 38.9 Å². The molecule has 20 heavy (non-hydrogen) atoms. The molecule has 0 aliphatic heterocycles. The molecule has 0 amide bonds. The Morgan fingerprint density at radius 2 is 2.05 bits per heavy atom. The first-order valence-corrected chi connectivity index (χ1v) is 8.27. The van der Waals surface area contributed by atoms with Crippen LogP contribution in [0.4, 0.5) is 0 Å². The van der Waals surface area contributed by atoms with Crippen LogP contribution in [-0.2, 0) is 5.54 Å². The largest absolute Gasteiger partial charge is 0.319 e. The van der Waals surface area contributed by atoms with Crippen molar-refractivity contribution in [3.8, 4) is 11.3 Å². The Morgan fingerprint density at radius 3 is 2.75 bits per heavy atom. The Hall–Kier alpha value is -1.19. The van der Waals surface area contributed by atoms with Crippen molar-refractivity contribution in [2.45, 2.75) is 45.1 Å². The van der Waals surface area contributed by atoms with Crippen molar-refractivity contribution < 1.29 is 0 Å². The van der Waals surface area contributed by atoms with Crippen molar-refractivity contribution in [2.24, 2.45) is 11.7 Å². The molecule has 106 valence electrons. The fourth-order valence-electron chi connectivity index (χ4n) is 3.15. The van der Waals surface area contributed by atoms with Crippen LogP contribution in [0.5, 0.6) is 0 Å². The van der Waals surface area contributed by atoms with E-state index in [4.69, 9.17) is 10.7 Å². The molecular formula is C17H22N2S. The molecule has 2 aromatic rings. The van der Waals surface area contributed by atoms with E-state index in [1.54, 1.807) is 11.3 Å². The zero-order valence-corrected chi connectivity index (χ0v) is 13.0. The third kappa shape index (κ3) is 2.65. The molecule has 1 aliphatic carbocycles. The van der Waals surface area contributed by atoms with Crippen molar-refractivity contribution in [1.29, 1.82) is 0 Å². The number of aromatic nitrogens is 1. The standard InChI is InChI=1S/C17H22N2S/c1-12-5-7-14(8-6-12)15-11-20-16(19-15)17(18)9-3-4-13(2)10-17/h5-8,11,13H,3-4,9-10,18H2,1-2H3. The number of benzene rings is 1. The molecule has 2 N–H and O–H groups in total. The number of nitrogens with two attached hydrogens (primary N) is 1. The smallest absolute Gasteiger partial charge is 0.113 e. The highest BCUT2D eigenvalue weighted by Crippen LogP contribution is 2.40. The Balaban J connectivity index is 1.88. The molecule has 0 radical (unpaired) electrons. The molecule has 1 aliphatic rings. The third-order valence-corrected chi connectivity index (χ3v) is 5.37. The van der Waals surface area contributed by atoms with Gasteiger partial charge in [-0.3, -0.25) is 0 Å². The number of hydrogen-bond acceptors (Lipinski definition) is 3. The molecular weight excluding hydrogens is 264 g/mol. The highest BCUT2D eigenvalue weighted by molar-refractivity contribution is 7.10. The maximum Gasteiger partial charge on any atom is 0.113 e. The fraction of sp³-hybridized carbons (Fsp3) is 0.471. The number of nitrogens with zero attached hydrogens (tertiary/aromatic N) is 1. The summed E-state index contributed by atoms with van der Waals surface area (Å²) in [4.78, 5) is 4.83. The summed E-state index contributed by atoms with van der Waals surface area (Å²) in [6, 6.07) is 8.55. The Labute approximate surface area is 125 Å². The summed E-state index contributed by atoms with van der Waals surface area (Å²) in [5, 5.41) is 3.26. The lowest BCUT2D eigenvalue weighted by Crippen LogP contribution is -2.40. The first kappa shape index (κ1) is 13.8. The fourth-order valence-corrected chi connectivity index (χ4v) is 4.13. The number of rotatable bonds is 2. The summed E-state index contributed by atoms with van der Waals surface area (Å²) in [5.41, 5.74) is 9.96. The Morgan fingerprint density at radius 1 is 1.30 bits per heavy atom. The second-order valence-electron chi connectivity index (χ2n) is 6.26.